The molecule has 7 heteroatoms. The van der Waals surface area contributed by atoms with Gasteiger partial charge in [0.25, 0.3) is 0 Å². The van der Waals surface area contributed by atoms with E-state index in [0.29, 0.717) is 43.2 Å². The van der Waals surface area contributed by atoms with Gasteiger partial charge in [-0.05, 0) is 112 Å². The molecular formula is C45H75Cl2NO4. The van der Waals surface area contributed by atoms with E-state index in [1.54, 1.807) is 4.90 Å². The number of allylic oxidation sites excluding steroid dienone is 3. The molecule has 3 saturated carbocycles. The molecule has 0 aromatic carbocycles. The molecule has 4 aliphatic rings. The van der Waals surface area contributed by atoms with Gasteiger partial charge in [0.05, 0.1) is 12.0 Å². The fraction of sp³-hybridized carbons (Fsp3) is 0.867. The van der Waals surface area contributed by atoms with Crippen LogP contribution in [0.15, 0.2) is 23.8 Å². The van der Waals surface area contributed by atoms with Crippen LogP contribution in [0.1, 0.15) is 182 Å². The highest BCUT2D eigenvalue weighted by atomic mass is 35.5. The third-order valence-corrected chi connectivity index (χ3v) is 14.6. The number of carbonyl (C=O) groups is 2. The van der Waals surface area contributed by atoms with E-state index in [-0.39, 0.29) is 17.9 Å². The van der Waals surface area contributed by atoms with E-state index in [1.807, 2.05) is 6.92 Å². The van der Waals surface area contributed by atoms with Crippen molar-refractivity contribution >= 4 is 35.3 Å². The zero-order valence-corrected chi connectivity index (χ0v) is 35.2. The van der Waals surface area contributed by atoms with Gasteiger partial charge in [-0.3, -0.25) is 4.79 Å². The molecule has 0 saturated heterocycles. The molecule has 0 aromatic rings. The minimum absolute atomic E-state index is 0.110. The maximum absolute atomic E-state index is 13.6. The lowest BCUT2D eigenvalue weighted by Gasteiger charge is -2.59. The van der Waals surface area contributed by atoms with E-state index < -0.39 is 17.1 Å². The van der Waals surface area contributed by atoms with Gasteiger partial charge in [0, 0.05) is 31.8 Å². The maximum atomic E-state index is 13.6. The second-order valence-corrected chi connectivity index (χ2v) is 18.5. The standard InChI is InChI=1S/C45H75Cl2NO4/c1-5-7-8-9-10-11-12-13-14-15-16-17-18-19-20-23-41(49)52-45(40(47)35-48(32-31-46)42(50)51-33-6-2)30-29-44(4)36(34-45)24-25-37-38-22-21-27-43(38,3)28-26-39(37)44/h13-14,24,37-40H,5-12,15-23,25-35H2,1-4H3/b14-13-/t37?,38?,39?,40-,43-,44-,45-/m0/s1. The van der Waals surface area contributed by atoms with Crippen molar-refractivity contribution in [2.24, 2.45) is 28.6 Å². The molecule has 0 aromatic heterocycles. The van der Waals surface area contributed by atoms with Gasteiger partial charge in [-0.1, -0.05) is 109 Å². The molecule has 4 rings (SSSR count). The Balaban J connectivity index is 1.32. The molecule has 0 N–H and O–H groups in total. The lowest BCUT2D eigenvalue weighted by atomic mass is 9.47. The van der Waals surface area contributed by atoms with Crippen LogP contribution >= 0.6 is 23.2 Å². The SMILES string of the molecule is CCCCCCCC/C=C\CCCCCCCC(=O)O[C@@]1([C@@H](Cl)CN(CCCl)C(=O)OCCC)CC[C@@]2(C)C(=CCC3C4CCC[C@@]4(C)CCC32)C1. The molecule has 0 aliphatic heterocycles. The molecular weight excluding hydrogens is 689 g/mol. The minimum atomic E-state index is -0.856. The largest absolute Gasteiger partial charge is 0.457 e. The number of nitrogens with zero attached hydrogens (tertiary/aromatic N) is 1. The molecule has 0 radical (unpaired) electrons. The van der Waals surface area contributed by atoms with Crippen molar-refractivity contribution < 1.29 is 19.1 Å². The van der Waals surface area contributed by atoms with Crippen molar-refractivity contribution in [3.63, 3.8) is 0 Å². The van der Waals surface area contributed by atoms with Crippen LogP contribution in [-0.4, -0.2) is 53.5 Å². The first kappa shape index (κ1) is 43.5. The lowest BCUT2D eigenvalue weighted by molar-refractivity contribution is -0.166. The summed E-state index contributed by atoms with van der Waals surface area (Å²) in [6.07, 6.45) is 34.2. The summed E-state index contributed by atoms with van der Waals surface area (Å²) >= 11 is 13.5. The Hall–Kier alpha value is -1.20. The number of esters is 1. The Morgan fingerprint density at radius 1 is 0.885 bits per heavy atom. The summed E-state index contributed by atoms with van der Waals surface area (Å²) in [5, 5.41) is -0.560. The summed E-state index contributed by atoms with van der Waals surface area (Å²) in [7, 11) is 0. The number of alkyl halides is 2. The summed E-state index contributed by atoms with van der Waals surface area (Å²) in [5.41, 5.74) is 1.20. The van der Waals surface area contributed by atoms with E-state index in [2.05, 4.69) is 39.0 Å². The van der Waals surface area contributed by atoms with Gasteiger partial charge >= 0.3 is 12.1 Å². The maximum Gasteiger partial charge on any atom is 0.409 e. The topological polar surface area (TPSA) is 55.8 Å². The number of carbonyl (C=O) groups excluding carboxylic acids is 2. The van der Waals surface area contributed by atoms with E-state index in [4.69, 9.17) is 32.7 Å². The molecule has 0 bridgehead atoms. The smallest absolute Gasteiger partial charge is 0.409 e. The molecule has 298 valence electrons. The number of hydrogen-bond acceptors (Lipinski definition) is 4. The first-order valence-corrected chi connectivity index (χ1v) is 22.8. The summed E-state index contributed by atoms with van der Waals surface area (Å²) in [6.45, 7) is 10.2. The van der Waals surface area contributed by atoms with Gasteiger partial charge in [0.15, 0.2) is 0 Å². The van der Waals surface area contributed by atoms with Crippen LogP contribution in [-0.2, 0) is 14.3 Å². The Bertz CT molecular complexity index is 1160. The van der Waals surface area contributed by atoms with Gasteiger partial charge in [0.2, 0.25) is 0 Å². The van der Waals surface area contributed by atoms with Gasteiger partial charge in [0.1, 0.15) is 5.60 Å². The normalized spacial score (nSPS) is 30.3. The third-order valence-electron chi connectivity index (χ3n) is 13.9. The summed E-state index contributed by atoms with van der Waals surface area (Å²) < 4.78 is 12.1. The minimum Gasteiger partial charge on any atom is -0.457 e. The Morgan fingerprint density at radius 2 is 1.58 bits per heavy atom. The molecule has 0 spiro atoms. The molecule has 5 nitrogen and oxygen atoms in total. The van der Waals surface area contributed by atoms with Crippen LogP contribution in [0.5, 0.6) is 0 Å². The lowest BCUT2D eigenvalue weighted by Crippen LogP contribution is -2.57. The van der Waals surface area contributed by atoms with Crippen molar-refractivity contribution in [2.45, 2.75) is 193 Å². The third kappa shape index (κ3) is 11.7. The average Bonchev–Trinajstić information content (AvgIpc) is 3.54. The van der Waals surface area contributed by atoms with Gasteiger partial charge in [-0.25, -0.2) is 4.79 Å². The number of fused-ring (bicyclic) bond motifs is 5. The molecule has 0 heterocycles. The van der Waals surface area contributed by atoms with E-state index in [0.717, 1.165) is 63.2 Å². The molecule has 4 aliphatic carbocycles. The number of unbranched alkanes of at least 4 members (excludes halogenated alkanes) is 11. The molecule has 1 amide bonds. The molecule has 52 heavy (non-hydrogen) atoms. The van der Waals surface area contributed by atoms with Crippen LogP contribution in [0.25, 0.3) is 0 Å². The van der Waals surface area contributed by atoms with E-state index >= 15 is 0 Å². The highest BCUT2D eigenvalue weighted by Gasteiger charge is 2.59. The zero-order valence-electron chi connectivity index (χ0n) is 33.7. The van der Waals surface area contributed by atoms with Gasteiger partial charge in [-0.15, -0.1) is 23.2 Å². The van der Waals surface area contributed by atoms with Crippen molar-refractivity contribution in [1.82, 2.24) is 4.90 Å². The summed E-state index contributed by atoms with van der Waals surface area (Å²) in [6, 6.07) is 0. The van der Waals surface area contributed by atoms with Crippen molar-refractivity contribution in [3.8, 4) is 0 Å². The molecule has 3 fully saturated rings. The fourth-order valence-corrected chi connectivity index (χ4v) is 11.3. The Labute approximate surface area is 328 Å². The number of ether oxygens (including phenoxy) is 2. The van der Waals surface area contributed by atoms with Crippen LogP contribution in [0.3, 0.4) is 0 Å². The van der Waals surface area contributed by atoms with Crippen LogP contribution in [0, 0.1) is 28.6 Å². The average molecular weight is 765 g/mol. The van der Waals surface area contributed by atoms with Gasteiger partial charge in [-0.2, -0.15) is 0 Å². The van der Waals surface area contributed by atoms with Crippen LogP contribution in [0.2, 0.25) is 0 Å². The Morgan fingerprint density at radius 3 is 2.27 bits per heavy atom. The van der Waals surface area contributed by atoms with Crippen LogP contribution in [0.4, 0.5) is 4.79 Å². The number of rotatable bonds is 23. The predicted molar refractivity (Wildman–Crippen MR) is 218 cm³/mol. The predicted octanol–water partition coefficient (Wildman–Crippen LogP) is 13.4. The fourth-order valence-electron chi connectivity index (χ4n) is 10.7. The number of hydrogen-bond donors (Lipinski definition) is 0. The van der Waals surface area contributed by atoms with E-state index in [9.17, 15) is 9.59 Å². The number of amides is 1. The number of halogens is 2. The van der Waals surface area contributed by atoms with Crippen LogP contribution < -0.4 is 0 Å². The first-order valence-electron chi connectivity index (χ1n) is 21.8. The first-order chi connectivity index (χ1) is 25.1. The monoisotopic (exact) mass is 764 g/mol. The summed E-state index contributed by atoms with van der Waals surface area (Å²) in [5.74, 6) is 2.40. The van der Waals surface area contributed by atoms with Crippen molar-refractivity contribution in [1.29, 1.82) is 0 Å². The summed E-state index contributed by atoms with van der Waals surface area (Å²) in [4.78, 5) is 28.3. The second kappa shape index (κ2) is 21.8. The quantitative estimate of drug-likeness (QED) is 0.0450. The van der Waals surface area contributed by atoms with Crippen molar-refractivity contribution in [2.75, 3.05) is 25.6 Å². The molecule has 3 unspecified atom stereocenters. The Kier molecular flexibility index (Phi) is 18.2. The second-order valence-electron chi connectivity index (χ2n) is 17.6. The van der Waals surface area contributed by atoms with E-state index in [1.165, 1.54) is 95.5 Å². The highest BCUT2D eigenvalue weighted by molar-refractivity contribution is 6.22. The molecule has 7 atom stereocenters. The van der Waals surface area contributed by atoms with Gasteiger partial charge < -0.3 is 14.4 Å². The highest BCUT2D eigenvalue weighted by Crippen LogP contribution is 2.66. The zero-order chi connectivity index (χ0) is 37.5. The van der Waals surface area contributed by atoms with Crippen molar-refractivity contribution in [3.05, 3.63) is 23.8 Å².